The highest BCUT2D eigenvalue weighted by Crippen LogP contribution is 2.22. The van der Waals surface area contributed by atoms with Gasteiger partial charge in [-0.2, -0.15) is 0 Å². The van der Waals surface area contributed by atoms with Crippen molar-refractivity contribution in [2.45, 2.75) is 12.2 Å². The van der Waals surface area contributed by atoms with Crippen LogP contribution in [0.15, 0.2) is 0 Å². The molecule has 2 unspecified atom stereocenters. The van der Waals surface area contributed by atoms with Crippen molar-refractivity contribution in [3.63, 3.8) is 0 Å². The normalized spacial score (nSPS) is 38.1. The molecule has 0 aromatic heterocycles. The summed E-state index contributed by atoms with van der Waals surface area (Å²) in [5.74, 6) is 0. The fourth-order valence-corrected chi connectivity index (χ4v) is 1.06. The topological polar surface area (TPSA) is 42.1 Å². The second-order valence-electron chi connectivity index (χ2n) is 2.67. The van der Waals surface area contributed by atoms with E-state index in [1.165, 1.54) is 0 Å². The number of amides is 1. The summed E-state index contributed by atoms with van der Waals surface area (Å²) in [6.45, 7) is 1.41. The van der Waals surface area contributed by atoms with Crippen LogP contribution in [0.1, 0.15) is 0 Å². The summed E-state index contributed by atoms with van der Waals surface area (Å²) in [6, 6.07) is 0. The Morgan fingerprint density at radius 3 is 2.70 bits per heavy atom. The first-order valence-electron chi connectivity index (χ1n) is 3.31. The lowest BCUT2D eigenvalue weighted by Crippen LogP contribution is -2.21. The predicted octanol–water partition coefficient (Wildman–Crippen LogP) is -0.164. The average Bonchev–Trinajstić information content (AvgIpc) is 2.64. The minimum Gasteiger partial charge on any atom is -0.441 e. The number of carbonyl (C=O) groups excluding carboxylic acids is 1. The van der Waals surface area contributed by atoms with Crippen LogP contribution in [0.2, 0.25) is 0 Å². The molecule has 0 aromatic carbocycles. The van der Waals surface area contributed by atoms with Crippen LogP contribution in [0.25, 0.3) is 0 Å². The largest absolute Gasteiger partial charge is 0.441 e. The number of rotatable bonds is 1. The van der Waals surface area contributed by atoms with Crippen LogP contribution in [-0.2, 0) is 9.47 Å². The molecule has 0 saturated carbocycles. The van der Waals surface area contributed by atoms with Crippen molar-refractivity contribution in [3.8, 4) is 0 Å². The number of likely N-dealkylation sites (N-methyl/N-ethyl adjacent to an activating group) is 1. The van der Waals surface area contributed by atoms with Crippen LogP contribution in [0.3, 0.4) is 0 Å². The summed E-state index contributed by atoms with van der Waals surface area (Å²) >= 11 is 0. The molecule has 2 aliphatic heterocycles. The van der Waals surface area contributed by atoms with Crippen LogP contribution < -0.4 is 0 Å². The molecule has 4 nitrogen and oxygen atoms in total. The van der Waals surface area contributed by atoms with Gasteiger partial charge in [-0.25, -0.2) is 4.79 Å². The van der Waals surface area contributed by atoms with E-state index in [1.807, 2.05) is 0 Å². The molecule has 4 heteroatoms. The van der Waals surface area contributed by atoms with Crippen LogP contribution >= 0.6 is 0 Å². The lowest BCUT2D eigenvalue weighted by atomic mass is 10.3. The van der Waals surface area contributed by atoms with E-state index in [0.717, 1.165) is 6.61 Å². The molecule has 2 saturated heterocycles. The number of epoxide rings is 1. The first kappa shape index (κ1) is 5.97. The Hall–Kier alpha value is -0.770. The number of nitrogens with zero attached hydrogens (tertiary/aromatic N) is 1. The van der Waals surface area contributed by atoms with Gasteiger partial charge in [-0.15, -0.1) is 0 Å². The Labute approximate surface area is 58.7 Å². The quantitative estimate of drug-likeness (QED) is 0.479. The van der Waals surface area contributed by atoms with Crippen molar-refractivity contribution in [2.75, 3.05) is 20.2 Å². The monoisotopic (exact) mass is 143 g/mol. The lowest BCUT2D eigenvalue weighted by Gasteiger charge is -2.01. The molecular weight excluding hydrogens is 134 g/mol. The Bertz CT molecular complexity index is 166. The molecule has 0 bridgehead atoms. The Morgan fingerprint density at radius 1 is 1.60 bits per heavy atom. The van der Waals surface area contributed by atoms with E-state index in [2.05, 4.69) is 0 Å². The molecule has 0 N–H and O–H groups in total. The lowest BCUT2D eigenvalue weighted by molar-refractivity contribution is 0.118. The molecule has 0 aromatic rings. The van der Waals surface area contributed by atoms with Gasteiger partial charge in [0, 0.05) is 7.05 Å². The highest BCUT2D eigenvalue weighted by molar-refractivity contribution is 5.69. The molecule has 10 heavy (non-hydrogen) atoms. The molecule has 56 valence electrons. The highest BCUT2D eigenvalue weighted by Gasteiger charge is 2.41. The Kier molecular flexibility index (Phi) is 1.11. The first-order chi connectivity index (χ1) is 4.77. The second kappa shape index (κ2) is 1.85. The van der Waals surface area contributed by atoms with Crippen molar-refractivity contribution in [2.24, 2.45) is 0 Å². The fraction of sp³-hybridized carbons (Fsp3) is 0.833. The molecule has 2 atom stereocenters. The van der Waals surface area contributed by atoms with E-state index in [-0.39, 0.29) is 18.3 Å². The van der Waals surface area contributed by atoms with Gasteiger partial charge in [-0.05, 0) is 0 Å². The first-order valence-corrected chi connectivity index (χ1v) is 3.31. The van der Waals surface area contributed by atoms with Crippen molar-refractivity contribution < 1.29 is 14.3 Å². The zero-order valence-electron chi connectivity index (χ0n) is 5.74. The number of ether oxygens (including phenoxy) is 2. The van der Waals surface area contributed by atoms with E-state index in [0.29, 0.717) is 6.54 Å². The molecule has 2 heterocycles. The molecule has 2 fully saturated rings. The Morgan fingerprint density at radius 2 is 2.30 bits per heavy atom. The van der Waals surface area contributed by atoms with Gasteiger partial charge in [0.15, 0.2) is 0 Å². The van der Waals surface area contributed by atoms with Crippen LogP contribution in [0.5, 0.6) is 0 Å². The van der Waals surface area contributed by atoms with Crippen LogP contribution in [0, 0.1) is 0 Å². The van der Waals surface area contributed by atoms with E-state index < -0.39 is 0 Å². The van der Waals surface area contributed by atoms with Crippen molar-refractivity contribution >= 4 is 6.09 Å². The van der Waals surface area contributed by atoms with Gasteiger partial charge in [-0.1, -0.05) is 0 Å². The number of hydrogen-bond donors (Lipinski definition) is 0. The third-order valence-corrected chi connectivity index (χ3v) is 1.79. The van der Waals surface area contributed by atoms with E-state index >= 15 is 0 Å². The standard InChI is InChI=1S/C6H9NO3/c1-7-2-4(5-3-9-5)10-6(7)8/h4-5H,2-3H2,1H3. The minimum atomic E-state index is -0.236. The Balaban J connectivity index is 1.97. The molecule has 0 radical (unpaired) electrons. The second-order valence-corrected chi connectivity index (χ2v) is 2.67. The SMILES string of the molecule is CN1CC(C2CO2)OC1=O. The molecule has 1 amide bonds. The molecule has 0 spiro atoms. The van der Waals surface area contributed by atoms with Gasteiger partial charge in [0.25, 0.3) is 0 Å². The summed E-state index contributed by atoms with van der Waals surface area (Å²) < 4.78 is 9.94. The summed E-state index contributed by atoms with van der Waals surface area (Å²) in [5, 5.41) is 0. The zero-order valence-corrected chi connectivity index (χ0v) is 5.74. The third kappa shape index (κ3) is 0.844. The van der Waals surface area contributed by atoms with Crippen LogP contribution in [-0.4, -0.2) is 43.4 Å². The number of cyclic esters (lactones) is 1. The molecule has 0 aliphatic carbocycles. The molecule has 2 aliphatic rings. The van der Waals surface area contributed by atoms with Crippen molar-refractivity contribution in [1.29, 1.82) is 0 Å². The summed E-state index contributed by atoms with van der Waals surface area (Å²) in [7, 11) is 1.73. The van der Waals surface area contributed by atoms with Crippen molar-refractivity contribution in [1.82, 2.24) is 4.90 Å². The van der Waals surface area contributed by atoms with Gasteiger partial charge in [-0.3, -0.25) is 0 Å². The van der Waals surface area contributed by atoms with Crippen LogP contribution in [0.4, 0.5) is 4.79 Å². The number of carbonyl (C=O) groups is 1. The van der Waals surface area contributed by atoms with E-state index in [1.54, 1.807) is 11.9 Å². The highest BCUT2D eigenvalue weighted by atomic mass is 16.6. The van der Waals surface area contributed by atoms with Crippen molar-refractivity contribution in [3.05, 3.63) is 0 Å². The summed E-state index contributed by atoms with van der Waals surface area (Å²) in [6.07, 6.45) is -0.0769. The maximum absolute atomic E-state index is 10.8. The molecule has 2 rings (SSSR count). The van der Waals surface area contributed by atoms with Gasteiger partial charge < -0.3 is 14.4 Å². The van der Waals surface area contributed by atoms with E-state index in [4.69, 9.17) is 9.47 Å². The van der Waals surface area contributed by atoms with Gasteiger partial charge in [0.05, 0.1) is 13.2 Å². The number of hydrogen-bond acceptors (Lipinski definition) is 3. The maximum atomic E-state index is 10.8. The van der Waals surface area contributed by atoms with Gasteiger partial charge in [0.2, 0.25) is 0 Å². The zero-order chi connectivity index (χ0) is 7.14. The van der Waals surface area contributed by atoms with Gasteiger partial charge >= 0.3 is 6.09 Å². The summed E-state index contributed by atoms with van der Waals surface area (Å²) in [4.78, 5) is 12.3. The third-order valence-electron chi connectivity index (χ3n) is 1.79. The smallest absolute Gasteiger partial charge is 0.410 e. The summed E-state index contributed by atoms with van der Waals surface area (Å²) in [5.41, 5.74) is 0. The van der Waals surface area contributed by atoms with E-state index in [9.17, 15) is 4.79 Å². The fourth-order valence-electron chi connectivity index (χ4n) is 1.06. The minimum absolute atomic E-state index is 0.0162. The molecular formula is C6H9NO3. The predicted molar refractivity (Wildman–Crippen MR) is 32.6 cm³/mol. The van der Waals surface area contributed by atoms with Gasteiger partial charge in [0.1, 0.15) is 12.2 Å². The maximum Gasteiger partial charge on any atom is 0.410 e. The average molecular weight is 143 g/mol.